The van der Waals surface area contributed by atoms with E-state index in [0.29, 0.717) is 28.1 Å². The second-order valence-electron chi connectivity index (χ2n) is 6.44. The molecule has 1 amide bonds. The SMILES string of the molecule is Cc1nc2ccccc2c(=O)n1-c1ccc(NC(=O)c2ccc(F)cc2Cl)cc1. The van der Waals surface area contributed by atoms with Gasteiger partial charge in [0.15, 0.2) is 0 Å². The van der Waals surface area contributed by atoms with Crippen LogP contribution in [-0.4, -0.2) is 15.5 Å². The van der Waals surface area contributed by atoms with Gasteiger partial charge in [0.1, 0.15) is 11.6 Å². The minimum Gasteiger partial charge on any atom is -0.322 e. The molecule has 0 saturated carbocycles. The molecule has 0 bridgehead atoms. The Kier molecular flexibility index (Phi) is 4.86. The zero-order valence-electron chi connectivity index (χ0n) is 15.3. The number of aromatic nitrogens is 2. The number of nitrogens with one attached hydrogen (secondary N) is 1. The van der Waals surface area contributed by atoms with Gasteiger partial charge < -0.3 is 5.32 Å². The second-order valence-corrected chi connectivity index (χ2v) is 6.85. The second kappa shape index (κ2) is 7.48. The highest BCUT2D eigenvalue weighted by molar-refractivity contribution is 6.34. The monoisotopic (exact) mass is 407 g/mol. The summed E-state index contributed by atoms with van der Waals surface area (Å²) in [6, 6.07) is 17.5. The van der Waals surface area contributed by atoms with E-state index in [2.05, 4.69) is 10.3 Å². The Morgan fingerprint density at radius 1 is 1.07 bits per heavy atom. The van der Waals surface area contributed by atoms with Gasteiger partial charge in [0.2, 0.25) is 0 Å². The molecule has 0 radical (unpaired) electrons. The number of aryl methyl sites for hydroxylation is 1. The molecule has 0 aliphatic carbocycles. The van der Waals surface area contributed by atoms with E-state index in [1.165, 1.54) is 16.7 Å². The fourth-order valence-electron chi connectivity index (χ4n) is 3.11. The van der Waals surface area contributed by atoms with Crippen LogP contribution in [0.4, 0.5) is 10.1 Å². The lowest BCUT2D eigenvalue weighted by atomic mass is 10.2. The lowest BCUT2D eigenvalue weighted by Gasteiger charge is -2.12. The molecule has 1 N–H and O–H groups in total. The zero-order valence-corrected chi connectivity index (χ0v) is 16.1. The smallest absolute Gasteiger partial charge is 0.265 e. The molecule has 5 nitrogen and oxygen atoms in total. The van der Waals surface area contributed by atoms with Crippen molar-refractivity contribution in [3.63, 3.8) is 0 Å². The van der Waals surface area contributed by atoms with Gasteiger partial charge in [0, 0.05) is 5.69 Å². The molecule has 0 aliphatic rings. The number of amides is 1. The number of nitrogens with zero attached hydrogens (tertiary/aromatic N) is 2. The number of carbonyl (C=O) groups excluding carboxylic acids is 1. The van der Waals surface area contributed by atoms with Crippen LogP contribution in [0, 0.1) is 12.7 Å². The van der Waals surface area contributed by atoms with E-state index >= 15 is 0 Å². The van der Waals surface area contributed by atoms with Gasteiger partial charge in [-0.05, 0) is 61.5 Å². The Morgan fingerprint density at radius 3 is 2.52 bits per heavy atom. The summed E-state index contributed by atoms with van der Waals surface area (Å²) in [5.74, 6) is -0.409. The molecule has 7 heteroatoms. The first-order valence-electron chi connectivity index (χ1n) is 8.79. The van der Waals surface area contributed by atoms with Gasteiger partial charge in [-0.15, -0.1) is 0 Å². The largest absolute Gasteiger partial charge is 0.322 e. The normalized spacial score (nSPS) is 10.9. The zero-order chi connectivity index (χ0) is 20.5. The highest BCUT2D eigenvalue weighted by Crippen LogP contribution is 2.20. The molecule has 29 heavy (non-hydrogen) atoms. The molecular weight excluding hydrogens is 393 g/mol. The van der Waals surface area contributed by atoms with Crippen LogP contribution in [0.15, 0.2) is 71.5 Å². The highest BCUT2D eigenvalue weighted by atomic mass is 35.5. The summed E-state index contributed by atoms with van der Waals surface area (Å²) in [5.41, 5.74) is 1.79. The number of carbonyl (C=O) groups is 1. The van der Waals surface area contributed by atoms with Crippen molar-refractivity contribution in [1.82, 2.24) is 9.55 Å². The Balaban J connectivity index is 1.64. The first-order valence-corrected chi connectivity index (χ1v) is 9.17. The third-order valence-electron chi connectivity index (χ3n) is 4.50. The van der Waals surface area contributed by atoms with Crippen molar-refractivity contribution >= 4 is 34.1 Å². The quantitative estimate of drug-likeness (QED) is 0.533. The first-order chi connectivity index (χ1) is 13.9. The Hall–Kier alpha value is -3.51. The van der Waals surface area contributed by atoms with Gasteiger partial charge in [-0.2, -0.15) is 0 Å². The van der Waals surface area contributed by atoms with Crippen LogP contribution in [0.25, 0.3) is 16.6 Å². The predicted molar refractivity (Wildman–Crippen MR) is 111 cm³/mol. The number of fused-ring (bicyclic) bond motifs is 1. The summed E-state index contributed by atoms with van der Waals surface area (Å²) in [4.78, 5) is 29.7. The maximum Gasteiger partial charge on any atom is 0.265 e. The molecular formula is C22H15ClFN3O2. The van der Waals surface area contributed by atoms with Crippen molar-refractivity contribution in [1.29, 1.82) is 0 Å². The van der Waals surface area contributed by atoms with Crippen LogP contribution in [0.3, 0.4) is 0 Å². The van der Waals surface area contributed by atoms with Crippen LogP contribution in [0.2, 0.25) is 5.02 Å². The minimum atomic E-state index is -0.513. The molecule has 1 aromatic heterocycles. The summed E-state index contributed by atoms with van der Waals surface area (Å²) in [6.07, 6.45) is 0. The standard InChI is InChI=1S/C22H15ClFN3O2/c1-13-25-20-5-3-2-4-18(20)22(29)27(13)16-9-7-15(8-10-16)26-21(28)17-11-6-14(24)12-19(17)23/h2-12H,1H3,(H,26,28). The molecule has 0 spiro atoms. The van der Waals surface area contributed by atoms with E-state index in [9.17, 15) is 14.0 Å². The lowest BCUT2D eigenvalue weighted by molar-refractivity contribution is 0.102. The van der Waals surface area contributed by atoms with Crippen molar-refractivity contribution in [3.05, 3.63) is 99.3 Å². The van der Waals surface area contributed by atoms with Gasteiger partial charge in [-0.3, -0.25) is 14.2 Å². The van der Waals surface area contributed by atoms with Crippen LogP contribution in [0.1, 0.15) is 16.2 Å². The summed E-state index contributed by atoms with van der Waals surface area (Å²) < 4.78 is 14.7. The van der Waals surface area contributed by atoms with Gasteiger partial charge in [0.25, 0.3) is 11.5 Å². The molecule has 0 atom stereocenters. The average molecular weight is 408 g/mol. The molecule has 0 saturated heterocycles. The van der Waals surface area contributed by atoms with Crippen LogP contribution >= 0.6 is 11.6 Å². The number of hydrogen-bond donors (Lipinski definition) is 1. The highest BCUT2D eigenvalue weighted by Gasteiger charge is 2.13. The summed E-state index contributed by atoms with van der Waals surface area (Å²) in [6.45, 7) is 1.76. The van der Waals surface area contributed by atoms with E-state index in [0.717, 1.165) is 6.07 Å². The van der Waals surface area contributed by atoms with E-state index in [-0.39, 0.29) is 16.1 Å². The number of anilines is 1. The van der Waals surface area contributed by atoms with Crippen molar-refractivity contribution in [3.8, 4) is 5.69 Å². The minimum absolute atomic E-state index is 0.0311. The number of hydrogen-bond acceptors (Lipinski definition) is 3. The summed E-state index contributed by atoms with van der Waals surface area (Å²) >= 11 is 5.93. The van der Waals surface area contributed by atoms with Gasteiger partial charge in [0.05, 0.1) is 27.2 Å². The third kappa shape index (κ3) is 3.62. The fraction of sp³-hybridized carbons (Fsp3) is 0.0455. The maximum absolute atomic E-state index is 13.2. The van der Waals surface area contributed by atoms with E-state index in [4.69, 9.17) is 11.6 Å². The van der Waals surface area contributed by atoms with Crippen molar-refractivity contribution < 1.29 is 9.18 Å². The van der Waals surface area contributed by atoms with E-state index in [1.54, 1.807) is 49.4 Å². The van der Waals surface area contributed by atoms with Crippen molar-refractivity contribution in [2.75, 3.05) is 5.32 Å². The number of para-hydroxylation sites is 1. The number of halogens is 2. The van der Waals surface area contributed by atoms with Crippen molar-refractivity contribution in [2.24, 2.45) is 0 Å². The number of rotatable bonds is 3. The summed E-state index contributed by atoms with van der Waals surface area (Å²) in [5, 5.41) is 3.27. The van der Waals surface area contributed by atoms with Crippen LogP contribution in [-0.2, 0) is 0 Å². The Labute approximate surface area is 170 Å². The summed E-state index contributed by atoms with van der Waals surface area (Å²) in [7, 11) is 0. The van der Waals surface area contributed by atoms with Crippen LogP contribution < -0.4 is 10.9 Å². The molecule has 0 aliphatic heterocycles. The molecule has 144 valence electrons. The third-order valence-corrected chi connectivity index (χ3v) is 4.82. The molecule has 1 heterocycles. The van der Waals surface area contributed by atoms with E-state index in [1.807, 2.05) is 6.07 Å². The average Bonchev–Trinajstić information content (AvgIpc) is 2.69. The topological polar surface area (TPSA) is 64.0 Å². The molecule has 4 aromatic rings. The number of benzene rings is 3. The van der Waals surface area contributed by atoms with Gasteiger partial charge in [-0.25, -0.2) is 9.37 Å². The first kappa shape index (κ1) is 18.8. The Morgan fingerprint density at radius 2 is 1.79 bits per heavy atom. The van der Waals surface area contributed by atoms with Gasteiger partial charge in [-0.1, -0.05) is 23.7 Å². The molecule has 0 fully saturated rings. The molecule has 3 aromatic carbocycles. The predicted octanol–water partition coefficient (Wildman–Crippen LogP) is 4.74. The molecule has 0 unspecified atom stereocenters. The maximum atomic E-state index is 13.2. The Bertz CT molecular complexity index is 1300. The molecule has 4 rings (SSSR count). The lowest BCUT2D eigenvalue weighted by Crippen LogP contribution is -2.22. The van der Waals surface area contributed by atoms with Crippen LogP contribution in [0.5, 0.6) is 0 Å². The van der Waals surface area contributed by atoms with Gasteiger partial charge >= 0.3 is 0 Å². The fourth-order valence-corrected chi connectivity index (χ4v) is 3.37. The van der Waals surface area contributed by atoms with Crippen molar-refractivity contribution in [2.45, 2.75) is 6.92 Å². The van der Waals surface area contributed by atoms with E-state index < -0.39 is 11.7 Å².